The predicted molar refractivity (Wildman–Crippen MR) is 87.0 cm³/mol. The molecule has 0 spiro atoms. The first kappa shape index (κ1) is 16.1. The van der Waals surface area contributed by atoms with Gasteiger partial charge in [-0.05, 0) is 35.6 Å². The van der Waals surface area contributed by atoms with Crippen molar-refractivity contribution in [3.8, 4) is 5.75 Å². The summed E-state index contributed by atoms with van der Waals surface area (Å²) in [7, 11) is 0. The lowest BCUT2D eigenvalue weighted by atomic mass is 10.1. The summed E-state index contributed by atoms with van der Waals surface area (Å²) in [6.45, 7) is 4.38. The number of benzene rings is 2. The molecule has 0 atom stereocenters. The van der Waals surface area contributed by atoms with Gasteiger partial charge in [-0.25, -0.2) is 4.79 Å². The molecule has 2 aromatic carbocycles. The maximum atomic E-state index is 11.5. The van der Waals surface area contributed by atoms with E-state index in [0.717, 1.165) is 6.42 Å². The van der Waals surface area contributed by atoms with Crippen LogP contribution in [-0.2, 0) is 16.0 Å². The number of carbonyl (C=O) groups excluding carboxylic acids is 1. The highest BCUT2D eigenvalue weighted by Crippen LogP contribution is 2.15. The standard InChI is InChI=1S/C19H22O3/c1-15(2)13-22-19(20)14-21-18-10-8-17(9-11-18)12-16-6-4-3-5-7-16/h3-11,15H,12-14H2,1-2H3. The van der Waals surface area contributed by atoms with Crippen LogP contribution in [0, 0.1) is 5.92 Å². The van der Waals surface area contributed by atoms with Gasteiger partial charge in [-0.3, -0.25) is 0 Å². The molecule has 3 heteroatoms. The van der Waals surface area contributed by atoms with Gasteiger partial charge in [0.05, 0.1) is 6.61 Å². The molecule has 22 heavy (non-hydrogen) atoms. The molecule has 0 saturated carbocycles. The molecule has 0 N–H and O–H groups in total. The van der Waals surface area contributed by atoms with E-state index in [1.54, 1.807) is 0 Å². The van der Waals surface area contributed by atoms with Crippen LogP contribution in [0.4, 0.5) is 0 Å². The Hall–Kier alpha value is -2.29. The van der Waals surface area contributed by atoms with Crippen LogP contribution in [-0.4, -0.2) is 19.2 Å². The van der Waals surface area contributed by atoms with E-state index in [0.29, 0.717) is 18.3 Å². The molecular weight excluding hydrogens is 276 g/mol. The lowest BCUT2D eigenvalue weighted by Crippen LogP contribution is -2.17. The molecule has 0 aliphatic rings. The van der Waals surface area contributed by atoms with Crippen LogP contribution in [0.5, 0.6) is 5.75 Å². The largest absolute Gasteiger partial charge is 0.482 e. The second-order valence-electron chi connectivity index (χ2n) is 5.67. The maximum absolute atomic E-state index is 11.5. The van der Waals surface area contributed by atoms with Crippen molar-refractivity contribution in [2.45, 2.75) is 20.3 Å². The highest BCUT2D eigenvalue weighted by atomic mass is 16.6. The Morgan fingerprint density at radius 3 is 2.23 bits per heavy atom. The molecule has 0 aliphatic carbocycles. The predicted octanol–water partition coefficient (Wildman–Crippen LogP) is 3.86. The zero-order valence-electron chi connectivity index (χ0n) is 13.1. The lowest BCUT2D eigenvalue weighted by Gasteiger charge is -2.09. The van der Waals surface area contributed by atoms with Crippen molar-refractivity contribution >= 4 is 5.97 Å². The van der Waals surface area contributed by atoms with Gasteiger partial charge in [-0.1, -0.05) is 56.3 Å². The summed E-state index contributed by atoms with van der Waals surface area (Å²) in [4.78, 5) is 11.5. The first-order valence-electron chi connectivity index (χ1n) is 7.55. The molecule has 0 heterocycles. The van der Waals surface area contributed by atoms with Crippen LogP contribution >= 0.6 is 0 Å². The van der Waals surface area contributed by atoms with E-state index in [1.807, 2.05) is 56.3 Å². The topological polar surface area (TPSA) is 35.5 Å². The number of carbonyl (C=O) groups is 1. The van der Waals surface area contributed by atoms with Crippen LogP contribution in [0.2, 0.25) is 0 Å². The number of esters is 1. The van der Waals surface area contributed by atoms with Gasteiger partial charge in [0.2, 0.25) is 0 Å². The molecule has 2 rings (SSSR count). The van der Waals surface area contributed by atoms with E-state index in [2.05, 4.69) is 12.1 Å². The van der Waals surface area contributed by atoms with Crippen LogP contribution in [0.3, 0.4) is 0 Å². The number of hydrogen-bond donors (Lipinski definition) is 0. The molecule has 0 aromatic heterocycles. The number of hydrogen-bond acceptors (Lipinski definition) is 3. The van der Waals surface area contributed by atoms with Crippen molar-refractivity contribution in [1.82, 2.24) is 0 Å². The van der Waals surface area contributed by atoms with E-state index in [4.69, 9.17) is 9.47 Å². The maximum Gasteiger partial charge on any atom is 0.344 e. The fourth-order valence-electron chi connectivity index (χ4n) is 1.98. The van der Waals surface area contributed by atoms with E-state index in [9.17, 15) is 4.79 Å². The Bertz CT molecular complexity index is 573. The molecule has 0 amide bonds. The van der Waals surface area contributed by atoms with Crippen LogP contribution in [0.15, 0.2) is 54.6 Å². The fourth-order valence-corrected chi connectivity index (χ4v) is 1.98. The van der Waals surface area contributed by atoms with Crippen molar-refractivity contribution in [2.24, 2.45) is 5.92 Å². The van der Waals surface area contributed by atoms with E-state index < -0.39 is 0 Å². The third-order valence-electron chi connectivity index (χ3n) is 3.11. The SMILES string of the molecule is CC(C)COC(=O)COc1ccc(Cc2ccccc2)cc1. The summed E-state index contributed by atoms with van der Waals surface area (Å²) >= 11 is 0. The summed E-state index contributed by atoms with van der Waals surface area (Å²) in [5, 5.41) is 0. The van der Waals surface area contributed by atoms with Gasteiger partial charge in [-0.15, -0.1) is 0 Å². The van der Waals surface area contributed by atoms with Gasteiger partial charge in [0.15, 0.2) is 6.61 Å². The van der Waals surface area contributed by atoms with Crippen molar-refractivity contribution in [1.29, 1.82) is 0 Å². The second kappa shape index (κ2) is 8.23. The normalized spacial score (nSPS) is 10.5. The van der Waals surface area contributed by atoms with Crippen molar-refractivity contribution in [2.75, 3.05) is 13.2 Å². The molecule has 0 saturated heterocycles. The average molecular weight is 298 g/mol. The molecule has 116 valence electrons. The minimum Gasteiger partial charge on any atom is -0.482 e. The summed E-state index contributed by atoms with van der Waals surface area (Å²) in [6, 6.07) is 18.1. The Morgan fingerprint density at radius 2 is 1.59 bits per heavy atom. The van der Waals surface area contributed by atoms with Gasteiger partial charge >= 0.3 is 5.97 Å². The summed E-state index contributed by atoms with van der Waals surface area (Å²) in [5.74, 6) is 0.682. The third kappa shape index (κ3) is 5.60. The minimum absolute atomic E-state index is 0.0508. The van der Waals surface area contributed by atoms with Crippen molar-refractivity contribution in [3.63, 3.8) is 0 Å². The third-order valence-corrected chi connectivity index (χ3v) is 3.11. The first-order chi connectivity index (χ1) is 10.6. The highest BCUT2D eigenvalue weighted by Gasteiger charge is 2.05. The molecule has 0 aliphatic heterocycles. The number of ether oxygens (including phenoxy) is 2. The molecule has 0 fully saturated rings. The van der Waals surface area contributed by atoms with Crippen molar-refractivity contribution in [3.05, 3.63) is 65.7 Å². The zero-order valence-corrected chi connectivity index (χ0v) is 13.1. The highest BCUT2D eigenvalue weighted by molar-refractivity contribution is 5.71. The molecular formula is C19H22O3. The van der Waals surface area contributed by atoms with Gasteiger partial charge in [-0.2, -0.15) is 0 Å². The van der Waals surface area contributed by atoms with Gasteiger partial charge < -0.3 is 9.47 Å². The Morgan fingerprint density at radius 1 is 0.955 bits per heavy atom. The Balaban J connectivity index is 1.80. The molecule has 2 aromatic rings. The molecule has 0 bridgehead atoms. The van der Waals surface area contributed by atoms with E-state index in [1.165, 1.54) is 11.1 Å². The first-order valence-corrected chi connectivity index (χ1v) is 7.55. The minimum atomic E-state index is -0.331. The Kier molecular flexibility index (Phi) is 6.01. The zero-order chi connectivity index (χ0) is 15.8. The molecule has 3 nitrogen and oxygen atoms in total. The van der Waals surface area contributed by atoms with Crippen LogP contribution < -0.4 is 4.74 Å². The number of rotatable bonds is 7. The van der Waals surface area contributed by atoms with Gasteiger partial charge in [0.1, 0.15) is 5.75 Å². The van der Waals surface area contributed by atoms with E-state index in [-0.39, 0.29) is 12.6 Å². The fraction of sp³-hybridized carbons (Fsp3) is 0.316. The molecule has 0 radical (unpaired) electrons. The van der Waals surface area contributed by atoms with E-state index >= 15 is 0 Å². The average Bonchev–Trinajstić information content (AvgIpc) is 2.53. The molecule has 0 unspecified atom stereocenters. The second-order valence-corrected chi connectivity index (χ2v) is 5.67. The van der Waals surface area contributed by atoms with Crippen molar-refractivity contribution < 1.29 is 14.3 Å². The summed E-state index contributed by atoms with van der Waals surface area (Å²) < 4.78 is 10.5. The smallest absolute Gasteiger partial charge is 0.344 e. The Labute approximate surface area is 131 Å². The lowest BCUT2D eigenvalue weighted by molar-refractivity contribution is -0.147. The van der Waals surface area contributed by atoms with Crippen LogP contribution in [0.25, 0.3) is 0 Å². The monoisotopic (exact) mass is 298 g/mol. The summed E-state index contributed by atoms with van der Waals surface area (Å²) in [5.41, 5.74) is 2.48. The summed E-state index contributed by atoms with van der Waals surface area (Å²) in [6.07, 6.45) is 0.886. The quantitative estimate of drug-likeness (QED) is 0.728. The van der Waals surface area contributed by atoms with Gasteiger partial charge in [0.25, 0.3) is 0 Å². The van der Waals surface area contributed by atoms with Crippen LogP contribution in [0.1, 0.15) is 25.0 Å². The van der Waals surface area contributed by atoms with Gasteiger partial charge in [0, 0.05) is 0 Å².